The second-order valence-corrected chi connectivity index (χ2v) is 21.5. The average Bonchev–Trinajstić information content (AvgIpc) is 3.76. The lowest BCUT2D eigenvalue weighted by atomic mass is 9.70. The highest BCUT2D eigenvalue weighted by molar-refractivity contribution is 5.80. The van der Waals surface area contributed by atoms with Gasteiger partial charge in [-0.25, -0.2) is 0 Å². The number of para-hydroxylation sites is 1. The zero-order valence-corrected chi connectivity index (χ0v) is 35.0. The molecule has 8 atom stereocenters. The molecule has 286 valence electrons. The average molecular weight is 722 g/mol. The SMILES string of the molecule is CC1C2CC(C(C)(C)C)=CC1N1C3=C(CCC=C3CC3CC=C(C(C)(C)C)C=C3N2c2cccc3c2NC2CCCCC32)C2C1C1=CCCC=C1C2(C)C. The second kappa shape index (κ2) is 12.1. The molecule has 1 saturated heterocycles. The molecule has 2 bridgehead atoms. The Morgan fingerprint density at radius 1 is 0.870 bits per heavy atom. The van der Waals surface area contributed by atoms with Gasteiger partial charge in [0.25, 0.3) is 0 Å². The Kier molecular flexibility index (Phi) is 7.93. The first-order valence-corrected chi connectivity index (χ1v) is 22.2. The summed E-state index contributed by atoms with van der Waals surface area (Å²) < 4.78 is 0. The van der Waals surface area contributed by atoms with Gasteiger partial charge in [0.15, 0.2) is 0 Å². The Hall–Kier alpha value is -3.20. The highest BCUT2D eigenvalue weighted by Crippen LogP contribution is 2.65. The molecule has 0 radical (unpaired) electrons. The Morgan fingerprint density at radius 3 is 2.46 bits per heavy atom. The van der Waals surface area contributed by atoms with Crippen LogP contribution in [0.25, 0.3) is 0 Å². The third-order valence-electron chi connectivity index (χ3n) is 16.0. The van der Waals surface area contributed by atoms with Gasteiger partial charge in [-0.2, -0.15) is 0 Å². The van der Waals surface area contributed by atoms with Gasteiger partial charge in [0.2, 0.25) is 0 Å². The van der Waals surface area contributed by atoms with Crippen LogP contribution < -0.4 is 10.2 Å². The Bertz CT molecular complexity index is 1990. The van der Waals surface area contributed by atoms with Gasteiger partial charge >= 0.3 is 0 Å². The summed E-state index contributed by atoms with van der Waals surface area (Å²) in [5, 5.41) is 4.23. The number of hydrogen-bond donors (Lipinski definition) is 1. The molecule has 6 aliphatic carbocycles. The predicted molar refractivity (Wildman–Crippen MR) is 227 cm³/mol. The van der Waals surface area contributed by atoms with Crippen LogP contribution in [0.5, 0.6) is 0 Å². The molecule has 3 aliphatic heterocycles. The molecule has 3 nitrogen and oxygen atoms in total. The van der Waals surface area contributed by atoms with Crippen molar-refractivity contribution in [3.05, 3.63) is 105 Å². The lowest BCUT2D eigenvalue weighted by molar-refractivity contribution is 0.149. The minimum atomic E-state index is 0.0980. The predicted octanol–water partition coefficient (Wildman–Crippen LogP) is 12.9. The van der Waals surface area contributed by atoms with Gasteiger partial charge in [-0.05, 0) is 120 Å². The van der Waals surface area contributed by atoms with E-state index in [0.717, 1.165) is 19.3 Å². The quantitative estimate of drug-likeness (QED) is 0.291. The number of nitrogens with one attached hydrogen (secondary N) is 1. The van der Waals surface area contributed by atoms with Crippen molar-refractivity contribution in [2.75, 3.05) is 10.2 Å². The Balaban J connectivity index is 1.22. The molecule has 3 fully saturated rings. The summed E-state index contributed by atoms with van der Waals surface area (Å²) in [6.07, 6.45) is 29.6. The summed E-state index contributed by atoms with van der Waals surface area (Å²) in [6, 6.07) is 9.12. The highest BCUT2D eigenvalue weighted by Gasteiger charge is 2.60. The Morgan fingerprint density at radius 2 is 1.67 bits per heavy atom. The zero-order chi connectivity index (χ0) is 37.5. The van der Waals surface area contributed by atoms with Gasteiger partial charge in [0.05, 0.1) is 23.5 Å². The molecular formula is C51H67N3. The van der Waals surface area contributed by atoms with Crippen molar-refractivity contribution in [2.24, 2.45) is 34.0 Å². The number of allylic oxidation sites excluding steroid dienone is 8. The van der Waals surface area contributed by atoms with Crippen LogP contribution in [0.1, 0.15) is 144 Å². The summed E-state index contributed by atoms with van der Waals surface area (Å²) in [4.78, 5) is 6.07. The van der Waals surface area contributed by atoms with E-state index in [1.165, 1.54) is 68.3 Å². The first-order valence-electron chi connectivity index (χ1n) is 22.2. The van der Waals surface area contributed by atoms with E-state index in [1.807, 2.05) is 0 Å². The largest absolute Gasteiger partial charge is 0.380 e. The van der Waals surface area contributed by atoms with Crippen molar-refractivity contribution < 1.29 is 0 Å². The number of rotatable bonds is 1. The van der Waals surface area contributed by atoms with Gasteiger partial charge in [-0.1, -0.05) is 123 Å². The maximum absolute atomic E-state index is 4.23. The smallest absolute Gasteiger partial charge is 0.0650 e. The fraction of sp³-hybridized carbons (Fsp3) is 0.608. The maximum atomic E-state index is 4.23. The maximum Gasteiger partial charge on any atom is 0.0650 e. The molecule has 0 aromatic heterocycles. The fourth-order valence-electron chi connectivity index (χ4n) is 13.2. The van der Waals surface area contributed by atoms with Crippen molar-refractivity contribution in [3.8, 4) is 0 Å². The van der Waals surface area contributed by atoms with Gasteiger partial charge in [0, 0.05) is 47.1 Å². The fourth-order valence-corrected chi connectivity index (χ4v) is 13.2. The lowest BCUT2D eigenvalue weighted by Crippen LogP contribution is -2.55. The molecule has 9 aliphatic rings. The van der Waals surface area contributed by atoms with Crippen LogP contribution >= 0.6 is 0 Å². The first kappa shape index (κ1) is 35.2. The highest BCUT2D eigenvalue weighted by atomic mass is 15.3. The number of nitrogens with zero attached hydrogens (tertiary/aromatic N) is 2. The Labute approximate surface area is 327 Å². The second-order valence-electron chi connectivity index (χ2n) is 21.5. The van der Waals surface area contributed by atoms with E-state index in [-0.39, 0.29) is 16.2 Å². The molecule has 10 rings (SSSR count). The molecule has 3 heteroatoms. The molecule has 0 spiro atoms. The molecule has 2 saturated carbocycles. The van der Waals surface area contributed by atoms with Crippen LogP contribution in [0, 0.1) is 34.0 Å². The van der Waals surface area contributed by atoms with Crippen LogP contribution in [0.2, 0.25) is 0 Å². The molecule has 1 aromatic carbocycles. The van der Waals surface area contributed by atoms with Crippen molar-refractivity contribution in [1.29, 1.82) is 0 Å². The van der Waals surface area contributed by atoms with Crippen LogP contribution in [-0.4, -0.2) is 29.1 Å². The molecule has 54 heavy (non-hydrogen) atoms. The van der Waals surface area contributed by atoms with E-state index in [9.17, 15) is 0 Å². The third-order valence-corrected chi connectivity index (χ3v) is 16.0. The summed E-state index contributed by atoms with van der Waals surface area (Å²) >= 11 is 0. The van der Waals surface area contributed by atoms with Crippen LogP contribution in [0.15, 0.2) is 99.5 Å². The van der Waals surface area contributed by atoms with E-state index in [4.69, 9.17) is 0 Å². The number of anilines is 2. The van der Waals surface area contributed by atoms with E-state index in [2.05, 4.69) is 132 Å². The monoisotopic (exact) mass is 722 g/mol. The van der Waals surface area contributed by atoms with Gasteiger partial charge in [-0.3, -0.25) is 0 Å². The molecule has 0 amide bonds. The van der Waals surface area contributed by atoms with Crippen molar-refractivity contribution >= 4 is 11.4 Å². The van der Waals surface area contributed by atoms with Crippen LogP contribution in [0.3, 0.4) is 0 Å². The first-order chi connectivity index (χ1) is 25.7. The van der Waals surface area contributed by atoms with Gasteiger partial charge in [0.1, 0.15) is 0 Å². The molecule has 1 aromatic rings. The minimum Gasteiger partial charge on any atom is -0.380 e. The summed E-state index contributed by atoms with van der Waals surface area (Å²) in [7, 11) is 0. The van der Waals surface area contributed by atoms with Gasteiger partial charge in [-0.15, -0.1) is 0 Å². The molecule has 8 unspecified atom stereocenters. The van der Waals surface area contributed by atoms with E-state index >= 15 is 0 Å². The molecule has 1 N–H and O–H groups in total. The van der Waals surface area contributed by atoms with E-state index in [0.29, 0.717) is 47.8 Å². The molecular weight excluding hydrogens is 655 g/mol. The minimum absolute atomic E-state index is 0.0980. The van der Waals surface area contributed by atoms with E-state index < -0.39 is 0 Å². The number of benzene rings is 1. The standard InChI is InChI=1S/C51H67N3/c1-30-42-28-34(50(5,6)7)29-43(30)54-47-32(16-14-20-38(47)45-48(54)37-18-10-12-21-39(37)51(45,8)9)26-31-24-25-33(49(2,3)4)27-44(31)53(42)41-23-15-19-36-35-17-11-13-22-40(35)52-46(36)41/h15-16,18-19,21,23,25,27,29-31,35,40,42-43,45,48,52H,10-14,17,20,22,24,26,28H2,1-9H3. The lowest BCUT2D eigenvalue weighted by Gasteiger charge is -2.53. The summed E-state index contributed by atoms with van der Waals surface area (Å²) in [6.45, 7) is 22.6. The summed E-state index contributed by atoms with van der Waals surface area (Å²) in [5.74, 6) is 2.09. The van der Waals surface area contributed by atoms with Crippen molar-refractivity contribution in [2.45, 2.75) is 163 Å². The van der Waals surface area contributed by atoms with Crippen LogP contribution in [-0.2, 0) is 0 Å². The molecule has 3 heterocycles. The van der Waals surface area contributed by atoms with Crippen molar-refractivity contribution in [1.82, 2.24) is 4.90 Å². The zero-order valence-electron chi connectivity index (χ0n) is 35.0. The van der Waals surface area contributed by atoms with Gasteiger partial charge < -0.3 is 15.1 Å². The number of hydrogen-bond acceptors (Lipinski definition) is 3. The third kappa shape index (κ3) is 5.10. The van der Waals surface area contributed by atoms with Crippen LogP contribution in [0.4, 0.5) is 11.4 Å². The topological polar surface area (TPSA) is 18.5 Å². The number of fused-ring (bicyclic) bond motifs is 12. The summed E-state index contributed by atoms with van der Waals surface area (Å²) in [5.41, 5.74) is 18.0. The van der Waals surface area contributed by atoms with E-state index in [1.54, 1.807) is 44.8 Å². The normalized spacial score (nSPS) is 35.1. The van der Waals surface area contributed by atoms with Crippen molar-refractivity contribution in [3.63, 3.8) is 0 Å².